The Hall–Kier alpha value is -3.13. The van der Waals surface area contributed by atoms with Crippen molar-refractivity contribution < 1.29 is 25.2 Å². The first-order chi connectivity index (χ1) is 25.8. The zero-order valence-electron chi connectivity index (χ0n) is 33.0. The van der Waals surface area contributed by atoms with Gasteiger partial charge in [0.25, 0.3) is 0 Å². The molecule has 6 aliphatic rings. The topological polar surface area (TPSA) is 101 Å². The number of hydrogen-bond donors (Lipinski definition) is 4. The van der Waals surface area contributed by atoms with E-state index in [9.17, 15) is 20.4 Å². The van der Waals surface area contributed by atoms with Gasteiger partial charge in [0.1, 0.15) is 0 Å². The van der Waals surface area contributed by atoms with Gasteiger partial charge in [-0.05, 0) is 129 Å². The fraction of sp³-hybridized carbons (Fsp3) is 0.562. The molecule has 4 fully saturated rings. The molecule has 4 saturated carbocycles. The van der Waals surface area contributed by atoms with Crippen molar-refractivity contribution in [2.45, 2.75) is 116 Å². The van der Waals surface area contributed by atoms with E-state index in [1.807, 2.05) is 60.7 Å². The maximum Gasteiger partial charge on any atom is 0.193 e. The van der Waals surface area contributed by atoms with Gasteiger partial charge >= 0.3 is 0 Å². The largest absolute Gasteiger partial charge is 0.394 e. The lowest BCUT2D eigenvalue weighted by Crippen LogP contribution is -2.58. The molecule has 54 heavy (non-hydrogen) atoms. The van der Waals surface area contributed by atoms with Crippen molar-refractivity contribution in [1.29, 1.82) is 0 Å². The molecule has 8 atom stereocenters. The van der Waals surface area contributed by atoms with Gasteiger partial charge in [-0.3, -0.25) is 9.69 Å². The normalized spacial score (nSPS) is 31.3. The zero-order chi connectivity index (χ0) is 38.3. The summed E-state index contributed by atoms with van der Waals surface area (Å²) in [6.45, 7) is 10.4. The Morgan fingerprint density at radius 3 is 2.43 bits per heavy atom. The van der Waals surface area contributed by atoms with Gasteiger partial charge in [-0.15, -0.1) is 0 Å². The van der Waals surface area contributed by atoms with Crippen molar-refractivity contribution >= 4 is 5.78 Å². The minimum atomic E-state index is -1.09. The molecule has 6 nitrogen and oxygen atoms in total. The van der Waals surface area contributed by atoms with Crippen LogP contribution in [0.4, 0.5) is 0 Å². The van der Waals surface area contributed by atoms with Crippen molar-refractivity contribution in [3.63, 3.8) is 0 Å². The van der Waals surface area contributed by atoms with Gasteiger partial charge in [-0.25, -0.2) is 0 Å². The number of hydrogen-bond acceptors (Lipinski definition) is 6. The number of allylic oxidation sites excluding steroid dienone is 2. The van der Waals surface area contributed by atoms with Crippen molar-refractivity contribution in [3.05, 3.63) is 107 Å². The highest BCUT2D eigenvalue weighted by Crippen LogP contribution is 2.62. The van der Waals surface area contributed by atoms with Crippen molar-refractivity contribution in [2.24, 2.45) is 28.6 Å². The number of nitrogens with zero attached hydrogens (tertiary/aromatic N) is 1. The van der Waals surface area contributed by atoms with Crippen LogP contribution < -0.4 is 0 Å². The zero-order valence-corrected chi connectivity index (χ0v) is 33.0. The average Bonchev–Trinajstić information content (AvgIpc) is 3.42. The Morgan fingerprint density at radius 2 is 1.69 bits per heavy atom. The molecule has 0 spiro atoms. The maximum atomic E-state index is 15.0. The standard InChI is InChI=1S/C48H63NO5/c1-32-11-10-23-47(4)43(22-24-48(47,54)31-49(29-38(52)30-50)28-35-18-19-36-27-44(35)46(36,2)3)40-21-17-33(25-37(51)20-16-32)26-42(40)45(53)41-15-9-8-14-39(41)34-12-6-5-7-13-34/h5-9,11-15,17,21,26,35-38,43-44,50-52,54H,10,16,18-20,22-25,27-31H2,1-4H3. The summed E-state index contributed by atoms with van der Waals surface area (Å²) in [6.07, 6.45) is 9.32. The van der Waals surface area contributed by atoms with E-state index in [-0.39, 0.29) is 18.3 Å². The Kier molecular flexibility index (Phi) is 11.4. The second-order valence-electron chi connectivity index (χ2n) is 18.4. The Bertz CT molecular complexity index is 1820. The maximum absolute atomic E-state index is 15.0. The number of carbonyl (C=O) groups excluding carboxylic acids is 1. The quantitative estimate of drug-likeness (QED) is 0.124. The highest BCUT2D eigenvalue weighted by Gasteiger charge is 2.58. The van der Waals surface area contributed by atoms with Crippen LogP contribution in [-0.4, -0.2) is 75.2 Å². The van der Waals surface area contributed by atoms with Gasteiger partial charge in [-0.2, -0.15) is 0 Å². The minimum absolute atomic E-state index is 0.0344. The van der Waals surface area contributed by atoms with Crippen molar-refractivity contribution in [1.82, 2.24) is 4.90 Å². The monoisotopic (exact) mass is 733 g/mol. The van der Waals surface area contributed by atoms with Crippen LogP contribution in [0.2, 0.25) is 0 Å². The molecule has 0 aliphatic heterocycles. The van der Waals surface area contributed by atoms with E-state index in [2.05, 4.69) is 50.8 Å². The molecule has 0 radical (unpaired) electrons. The van der Waals surface area contributed by atoms with E-state index in [0.717, 1.165) is 60.4 Å². The van der Waals surface area contributed by atoms with Crippen molar-refractivity contribution in [2.75, 3.05) is 26.2 Å². The molecule has 0 aromatic heterocycles. The van der Waals surface area contributed by atoms with Crippen LogP contribution in [0.25, 0.3) is 11.1 Å². The van der Waals surface area contributed by atoms with Crippen LogP contribution in [0.1, 0.15) is 118 Å². The summed E-state index contributed by atoms with van der Waals surface area (Å²) in [4.78, 5) is 17.3. The summed E-state index contributed by atoms with van der Waals surface area (Å²) < 4.78 is 0. The molecule has 3 aromatic carbocycles. The van der Waals surface area contributed by atoms with Gasteiger partial charge in [0.05, 0.1) is 24.4 Å². The number of fused-ring (bicyclic) bond motifs is 10. The molecule has 6 heteroatoms. The predicted octanol–water partition coefficient (Wildman–Crippen LogP) is 8.35. The summed E-state index contributed by atoms with van der Waals surface area (Å²) in [7, 11) is 0. The predicted molar refractivity (Wildman–Crippen MR) is 216 cm³/mol. The first-order valence-electron chi connectivity index (χ1n) is 20.7. The third-order valence-electron chi connectivity index (χ3n) is 14.8. The molecule has 4 bridgehead atoms. The van der Waals surface area contributed by atoms with Crippen LogP contribution in [0, 0.1) is 28.6 Å². The molecule has 6 aliphatic carbocycles. The number of aliphatic hydroxyl groups is 4. The summed E-state index contributed by atoms with van der Waals surface area (Å²) in [5.41, 5.74) is 5.00. The first-order valence-corrected chi connectivity index (χ1v) is 20.7. The van der Waals surface area contributed by atoms with Gasteiger partial charge in [-0.1, -0.05) is 99.2 Å². The molecular weight excluding hydrogens is 671 g/mol. The van der Waals surface area contributed by atoms with E-state index in [4.69, 9.17) is 0 Å². The van der Waals surface area contributed by atoms with E-state index >= 15 is 4.79 Å². The van der Waals surface area contributed by atoms with E-state index in [1.54, 1.807) is 0 Å². The van der Waals surface area contributed by atoms with E-state index in [0.29, 0.717) is 60.7 Å². The molecule has 0 saturated heterocycles. The third-order valence-corrected chi connectivity index (χ3v) is 14.8. The van der Waals surface area contributed by atoms with Crippen molar-refractivity contribution in [3.8, 4) is 11.1 Å². The summed E-state index contributed by atoms with van der Waals surface area (Å²) in [5.74, 6) is 1.80. The molecule has 0 heterocycles. The molecule has 290 valence electrons. The molecule has 0 amide bonds. The SMILES string of the molecule is CC1=CCCC2(C)C(CCC2(O)CN(CC(O)CO)CC2CCC3CC2C3(C)C)c2ccc(cc2C(=O)c2ccccc2-c2ccccc2)CC(O)CC1. The van der Waals surface area contributed by atoms with Gasteiger partial charge in [0.15, 0.2) is 5.78 Å². The molecule has 9 rings (SSSR count). The summed E-state index contributed by atoms with van der Waals surface area (Å²) in [5, 5.41) is 45.1. The fourth-order valence-electron chi connectivity index (χ4n) is 11.3. The first kappa shape index (κ1) is 39.1. The smallest absolute Gasteiger partial charge is 0.193 e. The van der Waals surface area contributed by atoms with Crippen LogP contribution in [-0.2, 0) is 6.42 Å². The number of carbonyl (C=O) groups is 1. The van der Waals surface area contributed by atoms with E-state index < -0.39 is 23.2 Å². The summed E-state index contributed by atoms with van der Waals surface area (Å²) in [6, 6.07) is 24.1. The van der Waals surface area contributed by atoms with Crippen LogP contribution in [0.15, 0.2) is 84.4 Å². The number of benzene rings is 3. The van der Waals surface area contributed by atoms with E-state index in [1.165, 1.54) is 24.8 Å². The van der Waals surface area contributed by atoms with Crippen LogP contribution >= 0.6 is 0 Å². The number of aliphatic hydroxyl groups excluding tert-OH is 3. The molecule has 4 N–H and O–H groups in total. The fourth-order valence-corrected chi connectivity index (χ4v) is 11.3. The van der Waals surface area contributed by atoms with Gasteiger partial charge in [0.2, 0.25) is 0 Å². The second kappa shape index (κ2) is 15.8. The minimum Gasteiger partial charge on any atom is -0.394 e. The molecule has 3 aromatic rings. The Morgan fingerprint density at radius 1 is 0.926 bits per heavy atom. The summed E-state index contributed by atoms with van der Waals surface area (Å²) >= 11 is 0. The average molecular weight is 734 g/mol. The highest BCUT2D eigenvalue weighted by atomic mass is 16.3. The van der Waals surface area contributed by atoms with Gasteiger partial charge in [0, 0.05) is 36.2 Å². The highest BCUT2D eigenvalue weighted by molar-refractivity contribution is 6.13. The molecule has 8 unspecified atom stereocenters. The second-order valence-corrected chi connectivity index (χ2v) is 18.4. The van der Waals surface area contributed by atoms with Crippen LogP contribution in [0.3, 0.4) is 0 Å². The number of rotatable bonds is 10. The van der Waals surface area contributed by atoms with Gasteiger partial charge < -0.3 is 20.4 Å². The lowest BCUT2D eigenvalue weighted by molar-refractivity contribution is -0.126. The lowest BCUT2D eigenvalue weighted by atomic mass is 9.45. The Labute approximate surface area is 323 Å². The lowest BCUT2D eigenvalue weighted by Gasteiger charge is -2.61. The number of ketones is 1. The van der Waals surface area contributed by atoms with Crippen LogP contribution in [0.5, 0.6) is 0 Å². The molecular formula is C48H63NO5. The Balaban J connectivity index is 1.28. The third kappa shape index (κ3) is 7.54.